The van der Waals surface area contributed by atoms with E-state index in [-0.39, 0.29) is 6.10 Å². The lowest BCUT2D eigenvalue weighted by atomic mass is 9.47. The summed E-state index contributed by atoms with van der Waals surface area (Å²) in [6.07, 6.45) is 8.59. The van der Waals surface area contributed by atoms with Crippen molar-refractivity contribution in [1.82, 2.24) is 0 Å². The van der Waals surface area contributed by atoms with E-state index >= 15 is 0 Å². The summed E-state index contributed by atoms with van der Waals surface area (Å²) in [5, 5.41) is 0. The average molecular weight is 323 g/mol. The molecule has 0 aromatic carbocycles. The first-order valence-electron chi connectivity index (χ1n) is 9.58. The lowest BCUT2D eigenvalue weighted by Gasteiger charge is -2.58. The number of ether oxygens (including phenoxy) is 1. The first-order chi connectivity index (χ1) is 10.8. The van der Waals surface area contributed by atoms with Gasteiger partial charge in [-0.3, -0.25) is 4.79 Å². The van der Waals surface area contributed by atoms with Gasteiger partial charge in [0.05, 0.1) is 6.10 Å². The highest BCUT2D eigenvalue weighted by atomic mass is 16.5. The molecule has 2 nitrogen and oxygen atoms in total. The molecule has 0 spiro atoms. The number of rotatable bonds is 5. The van der Waals surface area contributed by atoms with Crippen LogP contribution in [-0.2, 0) is 9.53 Å². The molecule has 2 saturated carbocycles. The van der Waals surface area contributed by atoms with Crippen molar-refractivity contribution in [1.29, 1.82) is 0 Å². The highest BCUT2D eigenvalue weighted by Crippen LogP contribution is 2.61. The molecule has 0 N–H and O–H groups in total. The normalized spacial score (nSPS) is 33.7. The molecule has 0 aliphatic heterocycles. The number of fused-ring (bicyclic) bond motifs is 1. The molecule has 0 bridgehead atoms. The molecule has 0 radical (unpaired) electrons. The fraction of sp³-hybridized carbons (Fsp3) is 0.857. The minimum Gasteiger partial charge on any atom is -0.465 e. The lowest BCUT2D eigenvalue weighted by molar-refractivity contribution is -0.133. The molecule has 4 atom stereocenters. The van der Waals surface area contributed by atoms with Gasteiger partial charge < -0.3 is 4.74 Å². The highest BCUT2D eigenvalue weighted by molar-refractivity contribution is 5.37. The van der Waals surface area contributed by atoms with Gasteiger partial charge in [0.25, 0.3) is 6.47 Å². The average Bonchev–Trinajstić information content (AvgIpc) is 2.48. The van der Waals surface area contributed by atoms with Gasteiger partial charge in [-0.25, -0.2) is 0 Å². The first-order valence-corrected chi connectivity index (χ1v) is 9.58. The Morgan fingerprint density at radius 3 is 2.57 bits per heavy atom. The summed E-state index contributed by atoms with van der Waals surface area (Å²) in [4.78, 5) is 10.5. The van der Waals surface area contributed by atoms with Crippen molar-refractivity contribution < 1.29 is 9.53 Å². The van der Waals surface area contributed by atoms with Gasteiger partial charge in [-0.15, -0.1) is 0 Å². The first kappa shape index (κ1) is 20.3. The van der Waals surface area contributed by atoms with E-state index in [1.165, 1.54) is 37.7 Å². The van der Waals surface area contributed by atoms with Crippen LogP contribution in [0.1, 0.15) is 86.5 Å². The Bertz CT molecular complexity index is 399. The van der Waals surface area contributed by atoms with Gasteiger partial charge in [0.2, 0.25) is 0 Å². The molecule has 2 heteroatoms. The van der Waals surface area contributed by atoms with Gasteiger partial charge in [0.1, 0.15) is 0 Å². The Morgan fingerprint density at radius 2 is 1.96 bits per heavy atom. The van der Waals surface area contributed by atoms with Crippen molar-refractivity contribution in [2.45, 2.75) is 92.6 Å². The zero-order valence-corrected chi connectivity index (χ0v) is 16.3. The second-order valence-corrected chi connectivity index (χ2v) is 8.27. The van der Waals surface area contributed by atoms with Gasteiger partial charge in [0.15, 0.2) is 0 Å². The maximum atomic E-state index is 10.5. The molecule has 2 rings (SSSR count). The Morgan fingerprint density at radius 1 is 1.30 bits per heavy atom. The van der Waals surface area contributed by atoms with E-state index in [1.54, 1.807) is 0 Å². The van der Waals surface area contributed by atoms with Crippen molar-refractivity contribution in [3.05, 3.63) is 12.2 Å². The molecule has 134 valence electrons. The van der Waals surface area contributed by atoms with Crippen LogP contribution in [-0.4, -0.2) is 12.6 Å². The molecule has 0 aromatic rings. The number of allylic oxidation sites excluding steroid dienone is 1. The smallest absolute Gasteiger partial charge is 0.293 e. The molecule has 0 aromatic heterocycles. The van der Waals surface area contributed by atoms with Crippen LogP contribution in [0.4, 0.5) is 0 Å². The number of carbonyl (C=O) groups excluding carboxylic acids is 1. The third-order valence-corrected chi connectivity index (χ3v) is 6.47. The van der Waals surface area contributed by atoms with Gasteiger partial charge >= 0.3 is 0 Å². The summed E-state index contributed by atoms with van der Waals surface area (Å²) in [6.45, 7) is 18.4. The quantitative estimate of drug-likeness (QED) is 0.448. The van der Waals surface area contributed by atoms with Crippen molar-refractivity contribution in [3.8, 4) is 0 Å². The maximum Gasteiger partial charge on any atom is 0.293 e. The maximum absolute atomic E-state index is 10.5. The predicted molar refractivity (Wildman–Crippen MR) is 98.3 cm³/mol. The van der Waals surface area contributed by atoms with Crippen LogP contribution in [0.5, 0.6) is 0 Å². The topological polar surface area (TPSA) is 26.3 Å². The van der Waals surface area contributed by atoms with Crippen LogP contribution in [0.15, 0.2) is 12.2 Å². The molecule has 2 aliphatic rings. The Labute approximate surface area is 144 Å². The van der Waals surface area contributed by atoms with E-state index < -0.39 is 0 Å². The minimum absolute atomic E-state index is 0.0240. The number of hydrogen-bond donors (Lipinski definition) is 0. The largest absolute Gasteiger partial charge is 0.465 e. The molecule has 23 heavy (non-hydrogen) atoms. The van der Waals surface area contributed by atoms with Gasteiger partial charge in [-0.2, -0.15) is 0 Å². The monoisotopic (exact) mass is 322 g/mol. The van der Waals surface area contributed by atoms with Crippen molar-refractivity contribution >= 4 is 6.47 Å². The summed E-state index contributed by atoms with van der Waals surface area (Å²) in [6, 6.07) is 0. The van der Waals surface area contributed by atoms with E-state index in [1.807, 2.05) is 20.8 Å². The summed E-state index contributed by atoms with van der Waals surface area (Å²) < 4.78 is 5.07. The summed E-state index contributed by atoms with van der Waals surface area (Å²) >= 11 is 0. The van der Waals surface area contributed by atoms with Crippen LogP contribution in [0.2, 0.25) is 0 Å². The minimum atomic E-state index is 0.0240. The molecule has 0 heterocycles. The Kier molecular flexibility index (Phi) is 7.35. The van der Waals surface area contributed by atoms with Crippen molar-refractivity contribution in [3.63, 3.8) is 0 Å². The van der Waals surface area contributed by atoms with Crippen LogP contribution in [0, 0.1) is 22.7 Å². The summed E-state index contributed by atoms with van der Waals surface area (Å²) in [7, 11) is 0. The molecule has 2 fully saturated rings. The SMILES string of the molecule is C=C1CCC2C(C)(C)CCCC2(C)C1CCC(C)OC=O.CC. The molecule has 2 aliphatic carbocycles. The van der Waals surface area contributed by atoms with E-state index in [2.05, 4.69) is 27.4 Å². The van der Waals surface area contributed by atoms with Gasteiger partial charge in [-0.05, 0) is 68.1 Å². The standard InChI is InChI=1S/C19H32O2.C2H6/c1-14-7-10-17-18(3,4)11-6-12-19(17,5)16(14)9-8-15(2)21-13-20;1-2/h13,15-17H,1,6-12H2,2-5H3;1-2H3. The van der Waals surface area contributed by atoms with E-state index in [0.29, 0.717) is 23.2 Å². The summed E-state index contributed by atoms with van der Waals surface area (Å²) in [5.74, 6) is 1.39. The van der Waals surface area contributed by atoms with E-state index in [0.717, 1.165) is 18.8 Å². The van der Waals surface area contributed by atoms with Crippen LogP contribution < -0.4 is 0 Å². The molecule has 0 saturated heterocycles. The number of carbonyl (C=O) groups is 1. The lowest BCUT2D eigenvalue weighted by Crippen LogP contribution is -2.49. The Hall–Kier alpha value is -0.790. The van der Waals surface area contributed by atoms with Gasteiger partial charge in [-0.1, -0.05) is 53.2 Å². The molecular formula is C21H38O2. The van der Waals surface area contributed by atoms with Gasteiger partial charge in [0, 0.05) is 0 Å². The predicted octanol–water partition coefficient (Wildman–Crippen LogP) is 6.15. The third kappa shape index (κ3) is 4.39. The van der Waals surface area contributed by atoms with Crippen molar-refractivity contribution in [2.24, 2.45) is 22.7 Å². The highest BCUT2D eigenvalue weighted by Gasteiger charge is 2.52. The zero-order valence-electron chi connectivity index (χ0n) is 16.3. The van der Waals surface area contributed by atoms with Crippen LogP contribution in [0.3, 0.4) is 0 Å². The third-order valence-electron chi connectivity index (χ3n) is 6.47. The second kappa shape index (κ2) is 8.35. The van der Waals surface area contributed by atoms with Crippen LogP contribution in [0.25, 0.3) is 0 Å². The van der Waals surface area contributed by atoms with E-state index in [4.69, 9.17) is 4.74 Å². The molecule has 4 unspecified atom stereocenters. The zero-order chi connectivity index (χ0) is 17.7. The number of hydrogen-bond acceptors (Lipinski definition) is 2. The summed E-state index contributed by atoms with van der Waals surface area (Å²) in [5.41, 5.74) is 2.28. The Balaban J connectivity index is 0.00000127. The van der Waals surface area contributed by atoms with Crippen LogP contribution >= 0.6 is 0 Å². The van der Waals surface area contributed by atoms with E-state index in [9.17, 15) is 4.79 Å². The fourth-order valence-electron chi connectivity index (χ4n) is 5.37. The van der Waals surface area contributed by atoms with Crippen molar-refractivity contribution in [2.75, 3.05) is 0 Å². The fourth-order valence-corrected chi connectivity index (χ4v) is 5.37. The molecule has 0 amide bonds. The second-order valence-electron chi connectivity index (χ2n) is 8.27. The molecular weight excluding hydrogens is 284 g/mol.